The van der Waals surface area contributed by atoms with Crippen LogP contribution >= 0.6 is 0 Å². The molecule has 33 heavy (non-hydrogen) atoms. The number of hydroxylamine groups is 2. The first-order valence-corrected chi connectivity index (χ1v) is 10.5. The van der Waals surface area contributed by atoms with Gasteiger partial charge in [0.05, 0.1) is 25.8 Å². The highest BCUT2D eigenvalue weighted by Gasteiger charge is 2.21. The van der Waals surface area contributed by atoms with Gasteiger partial charge in [-0.1, -0.05) is 19.1 Å². The maximum atomic E-state index is 15.0. The zero-order valence-electron chi connectivity index (χ0n) is 18.6. The number of pyridine rings is 1. The van der Waals surface area contributed by atoms with Gasteiger partial charge in [-0.15, -0.1) is 0 Å². The molecule has 2 aromatic heterocycles. The minimum atomic E-state index is -0.520. The fourth-order valence-electron chi connectivity index (χ4n) is 3.63. The molecule has 0 bridgehead atoms. The van der Waals surface area contributed by atoms with Gasteiger partial charge in [0.15, 0.2) is 5.82 Å². The first kappa shape index (κ1) is 22.6. The monoisotopic (exact) mass is 453 g/mol. The molecule has 0 saturated heterocycles. The van der Waals surface area contributed by atoms with Crippen LogP contribution in [-0.2, 0) is 17.8 Å². The van der Waals surface area contributed by atoms with Crippen LogP contribution in [0.5, 0.6) is 5.88 Å². The number of rotatable bonds is 6. The SMILES string of the molecule is CCc1nc2ccc(CN3CC=C(c4ccc(C(=O)NC)nc4OC)CO3)c(F)c2[nH]c1=O. The van der Waals surface area contributed by atoms with E-state index in [4.69, 9.17) is 9.57 Å². The number of aryl methyl sites for hydroxylation is 1. The van der Waals surface area contributed by atoms with Crippen molar-refractivity contribution >= 4 is 22.5 Å². The molecule has 1 aliphatic heterocycles. The first-order chi connectivity index (χ1) is 15.9. The van der Waals surface area contributed by atoms with E-state index in [1.165, 1.54) is 14.2 Å². The summed E-state index contributed by atoms with van der Waals surface area (Å²) in [5.74, 6) is -0.503. The summed E-state index contributed by atoms with van der Waals surface area (Å²) >= 11 is 0. The van der Waals surface area contributed by atoms with E-state index in [1.54, 1.807) is 29.3 Å². The molecule has 1 aromatic carbocycles. The van der Waals surface area contributed by atoms with Crippen LogP contribution in [0.1, 0.15) is 34.2 Å². The number of ether oxygens (including phenoxy) is 1. The molecular formula is C23H24FN5O4. The third-order valence-electron chi connectivity index (χ3n) is 5.44. The summed E-state index contributed by atoms with van der Waals surface area (Å²) in [7, 11) is 3.02. The summed E-state index contributed by atoms with van der Waals surface area (Å²) in [5, 5.41) is 4.15. The molecule has 0 spiro atoms. The van der Waals surface area contributed by atoms with Crippen LogP contribution < -0.4 is 15.6 Å². The van der Waals surface area contributed by atoms with Crippen LogP contribution in [-0.4, -0.2) is 53.2 Å². The molecule has 0 saturated carbocycles. The van der Waals surface area contributed by atoms with Crippen molar-refractivity contribution in [1.82, 2.24) is 25.3 Å². The van der Waals surface area contributed by atoms with E-state index in [1.807, 2.05) is 13.0 Å². The quantitative estimate of drug-likeness (QED) is 0.589. The molecule has 3 aromatic rings. The van der Waals surface area contributed by atoms with Crippen molar-refractivity contribution in [2.45, 2.75) is 19.9 Å². The summed E-state index contributed by atoms with van der Waals surface area (Å²) in [4.78, 5) is 40.8. The van der Waals surface area contributed by atoms with Gasteiger partial charge in [0.25, 0.3) is 11.5 Å². The first-order valence-electron chi connectivity index (χ1n) is 10.5. The van der Waals surface area contributed by atoms with E-state index in [0.29, 0.717) is 35.6 Å². The van der Waals surface area contributed by atoms with Crippen molar-refractivity contribution in [2.75, 3.05) is 27.3 Å². The lowest BCUT2D eigenvalue weighted by Crippen LogP contribution is -2.29. The topological polar surface area (TPSA) is 109 Å². The molecule has 0 unspecified atom stereocenters. The van der Waals surface area contributed by atoms with Gasteiger partial charge in [-0.25, -0.2) is 14.4 Å². The highest BCUT2D eigenvalue weighted by Crippen LogP contribution is 2.28. The average molecular weight is 453 g/mol. The number of hydrogen-bond acceptors (Lipinski definition) is 7. The number of amides is 1. The smallest absolute Gasteiger partial charge is 0.270 e. The van der Waals surface area contributed by atoms with E-state index >= 15 is 4.39 Å². The summed E-state index contributed by atoms with van der Waals surface area (Å²) in [5.41, 5.74) is 2.70. The number of aromatic nitrogens is 3. The van der Waals surface area contributed by atoms with Crippen molar-refractivity contribution in [3.63, 3.8) is 0 Å². The molecule has 0 radical (unpaired) electrons. The highest BCUT2D eigenvalue weighted by atomic mass is 19.1. The van der Waals surface area contributed by atoms with E-state index in [2.05, 4.69) is 20.3 Å². The Morgan fingerprint density at radius 3 is 2.79 bits per heavy atom. The number of hydrogen-bond donors (Lipinski definition) is 2. The normalized spacial score (nSPS) is 14.2. The van der Waals surface area contributed by atoms with Crippen LogP contribution in [0.15, 0.2) is 35.1 Å². The summed E-state index contributed by atoms with van der Waals surface area (Å²) in [6.07, 6.45) is 2.41. The minimum Gasteiger partial charge on any atom is -0.481 e. The number of nitrogens with one attached hydrogen (secondary N) is 2. The van der Waals surface area contributed by atoms with Gasteiger partial charge >= 0.3 is 0 Å². The molecule has 10 heteroatoms. The highest BCUT2D eigenvalue weighted by molar-refractivity contribution is 5.92. The molecule has 1 aliphatic rings. The van der Waals surface area contributed by atoms with Crippen LogP contribution in [0.2, 0.25) is 0 Å². The van der Waals surface area contributed by atoms with Gasteiger partial charge in [-0.05, 0) is 30.2 Å². The predicted octanol–water partition coefficient (Wildman–Crippen LogP) is 2.22. The van der Waals surface area contributed by atoms with Gasteiger partial charge in [0, 0.05) is 24.7 Å². The maximum absolute atomic E-state index is 15.0. The largest absolute Gasteiger partial charge is 0.481 e. The number of carbonyl (C=O) groups excluding carboxylic acids is 1. The molecule has 172 valence electrons. The Hall–Kier alpha value is -3.63. The van der Waals surface area contributed by atoms with Crippen LogP contribution in [0.3, 0.4) is 0 Å². The molecule has 1 amide bonds. The Balaban J connectivity index is 1.53. The van der Waals surface area contributed by atoms with Gasteiger partial charge in [-0.3, -0.25) is 14.4 Å². The second-order valence-electron chi connectivity index (χ2n) is 7.46. The number of methoxy groups -OCH3 is 1. The zero-order valence-corrected chi connectivity index (χ0v) is 18.6. The standard InChI is InChI=1S/C23H24FN5O4/c1-4-16-22(31)28-20-17(26-16)7-5-13(19(20)24)11-29-10-9-14(12-33-29)15-6-8-18(21(30)25-2)27-23(15)32-3/h5-9H,4,10-12H2,1-3H3,(H,25,30)(H,28,31). The Kier molecular flexibility index (Phi) is 6.47. The predicted molar refractivity (Wildman–Crippen MR) is 120 cm³/mol. The van der Waals surface area contributed by atoms with Crippen molar-refractivity contribution < 1.29 is 18.8 Å². The van der Waals surface area contributed by atoms with E-state index in [-0.39, 0.29) is 35.8 Å². The fraction of sp³-hybridized carbons (Fsp3) is 0.304. The minimum absolute atomic E-state index is 0.0926. The Labute approximate surface area is 189 Å². The maximum Gasteiger partial charge on any atom is 0.270 e. The number of fused-ring (bicyclic) bond motifs is 1. The second kappa shape index (κ2) is 9.47. The second-order valence-corrected chi connectivity index (χ2v) is 7.46. The summed E-state index contributed by atoms with van der Waals surface area (Å²) in [6.45, 7) is 2.64. The van der Waals surface area contributed by atoms with Crippen molar-refractivity contribution in [1.29, 1.82) is 0 Å². The van der Waals surface area contributed by atoms with E-state index in [0.717, 1.165) is 11.1 Å². The van der Waals surface area contributed by atoms with Crippen LogP contribution in [0.25, 0.3) is 16.6 Å². The summed E-state index contributed by atoms with van der Waals surface area (Å²) < 4.78 is 20.4. The lowest BCUT2D eigenvalue weighted by atomic mass is 10.1. The van der Waals surface area contributed by atoms with Crippen LogP contribution in [0, 0.1) is 5.82 Å². The molecule has 0 atom stereocenters. The third-order valence-corrected chi connectivity index (χ3v) is 5.44. The van der Waals surface area contributed by atoms with Crippen molar-refractivity contribution in [2.24, 2.45) is 0 Å². The number of H-pyrrole nitrogens is 1. The molecular weight excluding hydrogens is 429 g/mol. The Morgan fingerprint density at radius 2 is 2.12 bits per heavy atom. The molecule has 0 aliphatic carbocycles. The van der Waals surface area contributed by atoms with Gasteiger partial charge in [0.2, 0.25) is 5.88 Å². The number of halogens is 1. The average Bonchev–Trinajstić information content (AvgIpc) is 2.85. The zero-order chi connectivity index (χ0) is 23.5. The third kappa shape index (κ3) is 4.48. The fourth-order valence-corrected chi connectivity index (χ4v) is 3.63. The number of aromatic amines is 1. The van der Waals surface area contributed by atoms with E-state index < -0.39 is 5.82 Å². The molecule has 9 nitrogen and oxygen atoms in total. The van der Waals surface area contributed by atoms with Crippen molar-refractivity contribution in [3.8, 4) is 5.88 Å². The Bertz CT molecular complexity index is 1300. The van der Waals surface area contributed by atoms with Gasteiger partial charge < -0.3 is 15.0 Å². The van der Waals surface area contributed by atoms with Gasteiger partial charge in [-0.2, -0.15) is 5.06 Å². The number of carbonyl (C=O) groups is 1. The van der Waals surface area contributed by atoms with E-state index in [9.17, 15) is 9.59 Å². The molecule has 4 rings (SSSR count). The lowest BCUT2D eigenvalue weighted by molar-refractivity contribution is -0.151. The molecule has 0 fully saturated rings. The Morgan fingerprint density at radius 1 is 1.30 bits per heavy atom. The lowest BCUT2D eigenvalue weighted by Gasteiger charge is -2.26. The molecule has 2 N–H and O–H groups in total. The molecule has 3 heterocycles. The number of nitrogens with zero attached hydrogens (tertiary/aromatic N) is 3. The van der Waals surface area contributed by atoms with Crippen LogP contribution in [0.4, 0.5) is 4.39 Å². The number of benzene rings is 1. The van der Waals surface area contributed by atoms with Crippen molar-refractivity contribution in [3.05, 3.63) is 69.0 Å². The summed E-state index contributed by atoms with van der Waals surface area (Å²) in [6, 6.07) is 6.72. The van der Waals surface area contributed by atoms with Gasteiger partial charge in [0.1, 0.15) is 16.9 Å².